The quantitative estimate of drug-likeness (QED) is 0.764. The van der Waals surface area contributed by atoms with Gasteiger partial charge in [0.1, 0.15) is 5.75 Å². The predicted molar refractivity (Wildman–Crippen MR) is 67.7 cm³/mol. The maximum absolute atomic E-state index is 14.1. The van der Waals surface area contributed by atoms with Crippen molar-refractivity contribution in [3.63, 3.8) is 0 Å². The third-order valence-corrected chi connectivity index (χ3v) is 2.67. The third kappa shape index (κ3) is 3.02. The van der Waals surface area contributed by atoms with E-state index >= 15 is 0 Å². The Bertz CT molecular complexity index is 369. The zero-order valence-electron chi connectivity index (χ0n) is 10.9. The van der Waals surface area contributed by atoms with Crippen LogP contribution in [0.1, 0.15) is 20.3 Å². The molecule has 0 heterocycles. The number of ether oxygens (including phenoxy) is 2. The molecule has 17 heavy (non-hydrogen) atoms. The largest absolute Gasteiger partial charge is 0.497 e. The van der Waals surface area contributed by atoms with Gasteiger partial charge in [-0.15, -0.1) is 0 Å². The van der Waals surface area contributed by atoms with Crippen LogP contribution in [0.25, 0.3) is 0 Å². The van der Waals surface area contributed by atoms with E-state index in [-0.39, 0.29) is 11.6 Å². The minimum Gasteiger partial charge on any atom is -0.497 e. The first-order valence-corrected chi connectivity index (χ1v) is 5.84. The Morgan fingerprint density at radius 1 is 1.18 bits per heavy atom. The summed E-state index contributed by atoms with van der Waals surface area (Å²) in [6.45, 7) is 5.63. The molecule has 0 fully saturated rings. The van der Waals surface area contributed by atoms with Crippen molar-refractivity contribution in [2.24, 2.45) is 0 Å². The zero-order chi connectivity index (χ0) is 12.8. The van der Waals surface area contributed by atoms with E-state index in [1.165, 1.54) is 7.11 Å². The minimum atomic E-state index is -0.330. The molecule has 3 nitrogen and oxygen atoms in total. The lowest BCUT2D eigenvalue weighted by molar-refractivity contribution is 0.374. The Balaban J connectivity index is 3.19. The molecule has 0 amide bonds. The monoisotopic (exact) mass is 241 g/mol. The predicted octanol–water partition coefficient (Wildman–Crippen LogP) is 3.08. The van der Waals surface area contributed by atoms with Crippen molar-refractivity contribution in [2.45, 2.75) is 20.3 Å². The first-order valence-electron chi connectivity index (χ1n) is 5.84. The number of benzene rings is 1. The van der Waals surface area contributed by atoms with Crippen LogP contribution in [-0.2, 0) is 0 Å². The van der Waals surface area contributed by atoms with Crippen LogP contribution in [0.15, 0.2) is 12.1 Å². The fraction of sp³-hybridized carbons (Fsp3) is 0.538. The molecule has 0 aliphatic rings. The number of nitrogens with zero attached hydrogens (tertiary/aromatic N) is 1. The smallest absolute Gasteiger partial charge is 0.188 e. The van der Waals surface area contributed by atoms with Gasteiger partial charge in [-0.25, -0.2) is 4.39 Å². The molecule has 1 aromatic carbocycles. The van der Waals surface area contributed by atoms with Crippen LogP contribution in [-0.4, -0.2) is 27.3 Å². The van der Waals surface area contributed by atoms with Crippen LogP contribution in [0.5, 0.6) is 11.5 Å². The summed E-state index contributed by atoms with van der Waals surface area (Å²) in [4.78, 5) is 1.97. The number of methoxy groups -OCH3 is 2. The molecular weight excluding hydrogens is 221 g/mol. The fourth-order valence-electron chi connectivity index (χ4n) is 1.77. The van der Waals surface area contributed by atoms with E-state index in [1.807, 2.05) is 11.8 Å². The van der Waals surface area contributed by atoms with Gasteiger partial charge >= 0.3 is 0 Å². The van der Waals surface area contributed by atoms with Gasteiger partial charge in [0, 0.05) is 25.2 Å². The molecule has 0 N–H and O–H groups in total. The Labute approximate surface area is 102 Å². The van der Waals surface area contributed by atoms with Crippen LogP contribution in [0.2, 0.25) is 0 Å². The minimum absolute atomic E-state index is 0.217. The highest BCUT2D eigenvalue weighted by molar-refractivity contribution is 5.57. The SMILES string of the molecule is CCCN(CC)c1cc(OC)cc(OC)c1F. The van der Waals surface area contributed by atoms with Crippen LogP contribution in [0.3, 0.4) is 0 Å². The summed E-state index contributed by atoms with van der Waals surface area (Å²) in [6.07, 6.45) is 0.965. The van der Waals surface area contributed by atoms with Gasteiger partial charge in [0.15, 0.2) is 11.6 Å². The fourth-order valence-corrected chi connectivity index (χ4v) is 1.77. The van der Waals surface area contributed by atoms with Crippen molar-refractivity contribution >= 4 is 5.69 Å². The normalized spacial score (nSPS) is 10.2. The molecule has 0 aromatic heterocycles. The van der Waals surface area contributed by atoms with E-state index in [0.717, 1.165) is 19.5 Å². The lowest BCUT2D eigenvalue weighted by atomic mass is 10.2. The van der Waals surface area contributed by atoms with E-state index < -0.39 is 0 Å². The van der Waals surface area contributed by atoms with Gasteiger partial charge in [-0.1, -0.05) is 6.92 Å². The van der Waals surface area contributed by atoms with Gasteiger partial charge in [0.05, 0.1) is 19.9 Å². The molecule has 0 bridgehead atoms. The lowest BCUT2D eigenvalue weighted by Crippen LogP contribution is -2.24. The lowest BCUT2D eigenvalue weighted by Gasteiger charge is -2.24. The van der Waals surface area contributed by atoms with Gasteiger partial charge < -0.3 is 14.4 Å². The number of hydrogen-bond acceptors (Lipinski definition) is 3. The second-order valence-corrected chi connectivity index (χ2v) is 3.74. The standard InChI is InChI=1S/C13H20FNO2/c1-5-7-15(6-2)11-8-10(16-3)9-12(17-4)13(11)14/h8-9H,5-7H2,1-4H3. The molecule has 1 rings (SSSR count). The van der Waals surface area contributed by atoms with Crippen LogP contribution in [0, 0.1) is 5.82 Å². The summed E-state index contributed by atoms with van der Waals surface area (Å²) < 4.78 is 24.3. The van der Waals surface area contributed by atoms with Gasteiger partial charge in [0.25, 0.3) is 0 Å². The zero-order valence-corrected chi connectivity index (χ0v) is 10.9. The molecule has 96 valence electrons. The van der Waals surface area contributed by atoms with Crippen LogP contribution >= 0.6 is 0 Å². The first-order chi connectivity index (χ1) is 8.17. The van der Waals surface area contributed by atoms with Crippen molar-refractivity contribution in [3.05, 3.63) is 17.9 Å². The average molecular weight is 241 g/mol. The van der Waals surface area contributed by atoms with Gasteiger partial charge in [-0.2, -0.15) is 0 Å². The first kappa shape index (κ1) is 13.6. The Morgan fingerprint density at radius 3 is 2.35 bits per heavy atom. The molecule has 0 aliphatic carbocycles. The van der Waals surface area contributed by atoms with E-state index in [9.17, 15) is 4.39 Å². The molecule has 0 saturated heterocycles. The molecule has 0 radical (unpaired) electrons. The van der Waals surface area contributed by atoms with E-state index in [4.69, 9.17) is 9.47 Å². The number of rotatable bonds is 6. The number of anilines is 1. The molecule has 0 unspecified atom stereocenters. The summed E-state index contributed by atoms with van der Waals surface area (Å²) in [5.74, 6) is 0.491. The Kier molecular flexibility index (Phi) is 5.07. The van der Waals surface area contributed by atoms with Gasteiger partial charge in [0.2, 0.25) is 0 Å². The van der Waals surface area contributed by atoms with E-state index in [0.29, 0.717) is 11.4 Å². The highest BCUT2D eigenvalue weighted by atomic mass is 19.1. The number of hydrogen-bond donors (Lipinski definition) is 0. The Morgan fingerprint density at radius 2 is 1.88 bits per heavy atom. The highest BCUT2D eigenvalue weighted by Gasteiger charge is 2.16. The number of halogens is 1. The topological polar surface area (TPSA) is 21.7 Å². The van der Waals surface area contributed by atoms with E-state index in [2.05, 4.69) is 6.92 Å². The van der Waals surface area contributed by atoms with Crippen molar-refractivity contribution in [2.75, 3.05) is 32.2 Å². The van der Waals surface area contributed by atoms with Crippen LogP contribution < -0.4 is 14.4 Å². The van der Waals surface area contributed by atoms with E-state index in [1.54, 1.807) is 19.2 Å². The molecule has 0 spiro atoms. The molecular formula is C13H20FNO2. The van der Waals surface area contributed by atoms with Crippen molar-refractivity contribution < 1.29 is 13.9 Å². The maximum Gasteiger partial charge on any atom is 0.188 e. The molecule has 1 aromatic rings. The van der Waals surface area contributed by atoms with Gasteiger partial charge in [-0.05, 0) is 13.3 Å². The molecule has 0 saturated carbocycles. The van der Waals surface area contributed by atoms with Crippen molar-refractivity contribution in [1.82, 2.24) is 0 Å². The maximum atomic E-state index is 14.1. The Hall–Kier alpha value is -1.45. The molecule has 0 aliphatic heterocycles. The second kappa shape index (κ2) is 6.33. The van der Waals surface area contributed by atoms with Crippen LogP contribution in [0.4, 0.5) is 10.1 Å². The third-order valence-electron chi connectivity index (χ3n) is 2.67. The van der Waals surface area contributed by atoms with Gasteiger partial charge in [-0.3, -0.25) is 0 Å². The molecule has 0 atom stereocenters. The second-order valence-electron chi connectivity index (χ2n) is 3.74. The summed E-state index contributed by atoms with van der Waals surface area (Å²) in [6, 6.07) is 3.26. The average Bonchev–Trinajstić information content (AvgIpc) is 2.36. The van der Waals surface area contributed by atoms with Crippen molar-refractivity contribution in [3.8, 4) is 11.5 Å². The summed E-state index contributed by atoms with van der Waals surface area (Å²) in [7, 11) is 3.02. The van der Waals surface area contributed by atoms with Crippen molar-refractivity contribution in [1.29, 1.82) is 0 Å². The molecule has 4 heteroatoms. The summed E-state index contributed by atoms with van der Waals surface area (Å²) >= 11 is 0. The highest BCUT2D eigenvalue weighted by Crippen LogP contribution is 2.33. The summed E-state index contributed by atoms with van der Waals surface area (Å²) in [5, 5.41) is 0. The summed E-state index contributed by atoms with van der Waals surface area (Å²) in [5.41, 5.74) is 0.533.